The van der Waals surface area contributed by atoms with E-state index in [2.05, 4.69) is 20.9 Å². The third kappa shape index (κ3) is 1.65. The molecule has 2 heterocycles. The van der Waals surface area contributed by atoms with Gasteiger partial charge in [0.15, 0.2) is 0 Å². The third-order valence-electron chi connectivity index (χ3n) is 1.42. The summed E-state index contributed by atoms with van der Waals surface area (Å²) in [6.45, 7) is 0. The van der Waals surface area contributed by atoms with Gasteiger partial charge in [0.1, 0.15) is 10.3 Å². The highest BCUT2D eigenvalue weighted by molar-refractivity contribution is 9.10. The molecule has 0 radical (unpaired) electrons. The zero-order valence-corrected chi connectivity index (χ0v) is 9.92. The van der Waals surface area contributed by atoms with Crippen molar-refractivity contribution in [1.29, 1.82) is 0 Å². The fraction of sp³-hybridized carbons (Fsp3) is 0. The van der Waals surface area contributed by atoms with E-state index < -0.39 is 0 Å². The molecule has 0 atom stereocenters. The number of pyridine rings is 1. The van der Waals surface area contributed by atoms with Crippen molar-refractivity contribution in [2.45, 2.75) is 0 Å². The number of hydrogen-bond donors (Lipinski definition) is 0. The molecule has 2 aromatic rings. The molecule has 64 valence electrons. The van der Waals surface area contributed by atoms with Crippen LogP contribution in [0.5, 0.6) is 0 Å². The SMILES string of the molecule is Br.Clc1ccc2ncc(Br)n2c1. The zero-order valence-electron chi connectivity index (χ0n) is 5.87. The first-order chi connectivity index (χ1) is 5.27. The molecule has 0 aliphatic heterocycles. The van der Waals surface area contributed by atoms with Crippen LogP contribution < -0.4 is 0 Å². The van der Waals surface area contributed by atoms with Crippen molar-refractivity contribution in [2.24, 2.45) is 0 Å². The molecule has 0 saturated heterocycles. The van der Waals surface area contributed by atoms with Gasteiger partial charge in [0, 0.05) is 6.20 Å². The van der Waals surface area contributed by atoms with Gasteiger partial charge in [-0.25, -0.2) is 4.98 Å². The van der Waals surface area contributed by atoms with Gasteiger partial charge >= 0.3 is 0 Å². The minimum Gasteiger partial charge on any atom is -0.293 e. The predicted molar refractivity (Wildman–Crippen MR) is 58.2 cm³/mol. The number of hydrogen-bond acceptors (Lipinski definition) is 1. The van der Waals surface area contributed by atoms with Crippen molar-refractivity contribution in [3.05, 3.63) is 34.2 Å². The van der Waals surface area contributed by atoms with Gasteiger partial charge in [0.05, 0.1) is 11.2 Å². The lowest BCUT2D eigenvalue weighted by Gasteiger charge is -1.94. The summed E-state index contributed by atoms with van der Waals surface area (Å²) < 4.78 is 2.79. The van der Waals surface area contributed by atoms with E-state index in [-0.39, 0.29) is 17.0 Å². The number of imidazole rings is 1. The molecule has 0 unspecified atom stereocenters. The van der Waals surface area contributed by atoms with E-state index in [0.717, 1.165) is 10.3 Å². The molecule has 0 aromatic carbocycles. The molecule has 2 rings (SSSR count). The number of aromatic nitrogens is 2. The maximum absolute atomic E-state index is 5.78. The van der Waals surface area contributed by atoms with Crippen molar-refractivity contribution in [3.63, 3.8) is 0 Å². The van der Waals surface area contributed by atoms with Crippen molar-refractivity contribution in [1.82, 2.24) is 9.38 Å². The Morgan fingerprint density at radius 2 is 2.17 bits per heavy atom. The molecule has 0 bridgehead atoms. The van der Waals surface area contributed by atoms with Crippen LogP contribution in [-0.2, 0) is 0 Å². The minimum atomic E-state index is 0. The van der Waals surface area contributed by atoms with Gasteiger partial charge in [-0.05, 0) is 28.1 Å². The molecule has 0 aliphatic rings. The summed E-state index contributed by atoms with van der Waals surface area (Å²) in [6, 6.07) is 3.68. The normalized spacial score (nSPS) is 9.83. The maximum atomic E-state index is 5.78. The predicted octanol–water partition coefficient (Wildman–Crippen LogP) is 3.33. The second-order valence-corrected chi connectivity index (χ2v) is 3.41. The number of nitrogens with zero attached hydrogens (tertiary/aromatic N) is 2. The Balaban J connectivity index is 0.000000720. The Hall–Kier alpha value is -0.0600. The molecule has 5 heteroatoms. The summed E-state index contributed by atoms with van der Waals surface area (Å²) in [7, 11) is 0. The highest BCUT2D eigenvalue weighted by Crippen LogP contribution is 2.16. The Morgan fingerprint density at radius 1 is 1.42 bits per heavy atom. The van der Waals surface area contributed by atoms with Crippen LogP contribution >= 0.6 is 44.5 Å². The molecule has 12 heavy (non-hydrogen) atoms. The number of rotatable bonds is 0. The number of fused-ring (bicyclic) bond motifs is 1. The summed E-state index contributed by atoms with van der Waals surface area (Å²) >= 11 is 9.12. The van der Waals surface area contributed by atoms with Crippen molar-refractivity contribution in [2.75, 3.05) is 0 Å². The second-order valence-electron chi connectivity index (χ2n) is 2.16. The molecule has 2 nitrogen and oxygen atoms in total. The lowest BCUT2D eigenvalue weighted by atomic mass is 10.5. The lowest BCUT2D eigenvalue weighted by molar-refractivity contribution is 1.15. The molecule has 0 aliphatic carbocycles. The molecular weight excluding hydrogens is 307 g/mol. The van der Waals surface area contributed by atoms with Gasteiger partial charge in [-0.1, -0.05) is 11.6 Å². The van der Waals surface area contributed by atoms with E-state index in [1.807, 2.05) is 22.7 Å². The lowest BCUT2D eigenvalue weighted by Crippen LogP contribution is -1.82. The van der Waals surface area contributed by atoms with Gasteiger partial charge in [-0.3, -0.25) is 4.40 Å². The van der Waals surface area contributed by atoms with Crippen LogP contribution in [0.2, 0.25) is 5.02 Å². The van der Waals surface area contributed by atoms with E-state index >= 15 is 0 Å². The fourth-order valence-electron chi connectivity index (χ4n) is 0.925. The highest BCUT2D eigenvalue weighted by atomic mass is 79.9. The zero-order chi connectivity index (χ0) is 7.84. The molecule has 0 amide bonds. The molecule has 0 spiro atoms. The van der Waals surface area contributed by atoms with Crippen molar-refractivity contribution < 1.29 is 0 Å². The van der Waals surface area contributed by atoms with E-state index in [1.54, 1.807) is 6.20 Å². The van der Waals surface area contributed by atoms with E-state index in [0.29, 0.717) is 5.02 Å². The van der Waals surface area contributed by atoms with Crippen LogP contribution in [0.1, 0.15) is 0 Å². The summed E-state index contributed by atoms with van der Waals surface area (Å²) in [4.78, 5) is 4.12. The highest BCUT2D eigenvalue weighted by Gasteiger charge is 1.98. The third-order valence-corrected chi connectivity index (χ3v) is 2.23. The van der Waals surface area contributed by atoms with E-state index in [1.165, 1.54) is 0 Å². The van der Waals surface area contributed by atoms with Gasteiger partial charge < -0.3 is 0 Å². The van der Waals surface area contributed by atoms with Gasteiger partial charge in [0.2, 0.25) is 0 Å². The van der Waals surface area contributed by atoms with E-state index in [9.17, 15) is 0 Å². The summed E-state index contributed by atoms with van der Waals surface area (Å²) in [5, 5.41) is 0.705. The van der Waals surface area contributed by atoms with Crippen LogP contribution in [0, 0.1) is 0 Å². The molecule has 0 fully saturated rings. The molecule has 2 aromatic heterocycles. The Kier molecular flexibility index (Phi) is 3.15. The molecular formula is C7H5Br2ClN2. The van der Waals surface area contributed by atoms with Crippen LogP contribution in [0.3, 0.4) is 0 Å². The Morgan fingerprint density at radius 3 is 2.92 bits per heavy atom. The van der Waals surface area contributed by atoms with Crippen LogP contribution in [-0.4, -0.2) is 9.38 Å². The smallest absolute Gasteiger partial charge is 0.137 e. The first-order valence-corrected chi connectivity index (χ1v) is 4.22. The summed E-state index contributed by atoms with van der Waals surface area (Å²) in [6.07, 6.45) is 3.56. The summed E-state index contributed by atoms with van der Waals surface area (Å²) in [5.74, 6) is 0. The fourth-order valence-corrected chi connectivity index (χ4v) is 1.47. The van der Waals surface area contributed by atoms with Gasteiger partial charge in [-0.15, -0.1) is 17.0 Å². The standard InChI is InChI=1S/C7H4BrClN2.BrH/c8-6-3-10-7-2-1-5(9)4-11(6)7;/h1-4H;1H. The average Bonchev–Trinajstić information content (AvgIpc) is 2.33. The van der Waals surface area contributed by atoms with Crippen LogP contribution in [0.4, 0.5) is 0 Å². The molecule has 0 N–H and O–H groups in total. The van der Waals surface area contributed by atoms with Crippen LogP contribution in [0.15, 0.2) is 29.1 Å². The van der Waals surface area contributed by atoms with Crippen molar-refractivity contribution >= 4 is 50.2 Å². The van der Waals surface area contributed by atoms with Gasteiger partial charge in [-0.2, -0.15) is 0 Å². The Bertz CT molecular complexity index is 399. The second kappa shape index (κ2) is 3.77. The first kappa shape index (κ1) is 10.0. The average molecular weight is 312 g/mol. The minimum absolute atomic E-state index is 0. The van der Waals surface area contributed by atoms with Crippen molar-refractivity contribution in [3.8, 4) is 0 Å². The Labute approximate surface area is 93.5 Å². The van der Waals surface area contributed by atoms with Gasteiger partial charge in [0.25, 0.3) is 0 Å². The molecule has 0 saturated carbocycles. The largest absolute Gasteiger partial charge is 0.293 e. The van der Waals surface area contributed by atoms with Crippen LogP contribution in [0.25, 0.3) is 5.65 Å². The quantitative estimate of drug-likeness (QED) is 0.729. The maximum Gasteiger partial charge on any atom is 0.137 e. The number of halogens is 3. The first-order valence-electron chi connectivity index (χ1n) is 3.05. The van der Waals surface area contributed by atoms with E-state index in [4.69, 9.17) is 11.6 Å². The summed E-state index contributed by atoms with van der Waals surface area (Å²) in [5.41, 5.74) is 0.890. The topological polar surface area (TPSA) is 17.3 Å². The monoisotopic (exact) mass is 310 g/mol.